The van der Waals surface area contributed by atoms with Gasteiger partial charge >= 0.3 is 0 Å². The molecule has 72 valence electrons. The van der Waals surface area contributed by atoms with Gasteiger partial charge in [0, 0.05) is 4.47 Å². The highest BCUT2D eigenvalue weighted by Gasteiger charge is 2.06. The van der Waals surface area contributed by atoms with E-state index < -0.39 is 0 Å². The van der Waals surface area contributed by atoms with E-state index in [1.807, 2.05) is 6.07 Å². The zero-order valence-corrected chi connectivity index (χ0v) is 9.55. The Kier molecular flexibility index (Phi) is 4.46. The molecule has 0 aliphatic heterocycles. The van der Waals surface area contributed by atoms with Crippen LogP contribution in [-0.4, -0.2) is 6.54 Å². The zero-order valence-electron chi connectivity index (χ0n) is 7.96. The molecule has 2 N–H and O–H groups in total. The third-order valence-electron chi connectivity index (χ3n) is 2.38. The van der Waals surface area contributed by atoms with Crippen LogP contribution in [0.15, 0.2) is 28.7 Å². The highest BCUT2D eigenvalue weighted by Crippen LogP contribution is 2.20. The molecule has 0 bridgehead atoms. The van der Waals surface area contributed by atoms with Crippen molar-refractivity contribution in [2.75, 3.05) is 6.54 Å². The van der Waals surface area contributed by atoms with Crippen molar-refractivity contribution >= 4 is 15.9 Å². The molecule has 1 rings (SSSR count). The van der Waals surface area contributed by atoms with Gasteiger partial charge in [-0.15, -0.1) is 0 Å². The lowest BCUT2D eigenvalue weighted by atomic mass is 9.97. The fourth-order valence-electron chi connectivity index (χ4n) is 1.37. The fraction of sp³-hybridized carbons (Fsp3) is 0.455. The van der Waals surface area contributed by atoms with E-state index in [9.17, 15) is 0 Å². The van der Waals surface area contributed by atoms with Gasteiger partial charge in [-0.1, -0.05) is 47.5 Å². The number of hydrogen-bond acceptors (Lipinski definition) is 1. The Morgan fingerprint density at radius 1 is 1.38 bits per heavy atom. The fourth-order valence-corrected chi connectivity index (χ4v) is 1.82. The maximum absolute atomic E-state index is 5.67. The van der Waals surface area contributed by atoms with Gasteiger partial charge < -0.3 is 5.73 Å². The largest absolute Gasteiger partial charge is 0.330 e. The molecule has 0 saturated heterocycles. The summed E-state index contributed by atoms with van der Waals surface area (Å²) in [5.74, 6) is 0.610. The summed E-state index contributed by atoms with van der Waals surface area (Å²) in [7, 11) is 0. The number of rotatable bonds is 4. The first-order valence-electron chi connectivity index (χ1n) is 4.71. The van der Waals surface area contributed by atoms with Crippen molar-refractivity contribution < 1.29 is 0 Å². The maximum atomic E-state index is 5.67. The van der Waals surface area contributed by atoms with E-state index in [0.29, 0.717) is 5.92 Å². The molecule has 0 saturated carbocycles. The molecule has 1 atom stereocenters. The molecule has 2 heteroatoms. The SMILES string of the molecule is CCC(CN)Cc1ccccc1Br. The van der Waals surface area contributed by atoms with Gasteiger partial charge in [0.1, 0.15) is 0 Å². The normalized spacial score (nSPS) is 12.8. The van der Waals surface area contributed by atoms with E-state index in [4.69, 9.17) is 5.73 Å². The number of benzene rings is 1. The molecule has 0 fully saturated rings. The summed E-state index contributed by atoms with van der Waals surface area (Å²) in [5.41, 5.74) is 7.03. The van der Waals surface area contributed by atoms with E-state index in [2.05, 4.69) is 41.1 Å². The minimum absolute atomic E-state index is 0.610. The predicted octanol–water partition coefficient (Wildman–Crippen LogP) is 2.98. The lowest BCUT2D eigenvalue weighted by Gasteiger charge is -2.12. The van der Waals surface area contributed by atoms with Crippen LogP contribution in [0.4, 0.5) is 0 Å². The molecule has 0 heterocycles. The molecule has 0 aliphatic rings. The molecule has 1 nitrogen and oxygen atoms in total. The average molecular weight is 242 g/mol. The molecule has 0 aliphatic carbocycles. The van der Waals surface area contributed by atoms with E-state index >= 15 is 0 Å². The van der Waals surface area contributed by atoms with Gasteiger partial charge in [-0.25, -0.2) is 0 Å². The first kappa shape index (κ1) is 10.7. The molecule has 0 spiro atoms. The summed E-state index contributed by atoms with van der Waals surface area (Å²) in [6, 6.07) is 8.35. The summed E-state index contributed by atoms with van der Waals surface area (Å²) < 4.78 is 1.20. The van der Waals surface area contributed by atoms with Crippen molar-refractivity contribution in [3.63, 3.8) is 0 Å². The van der Waals surface area contributed by atoms with Crippen molar-refractivity contribution in [2.45, 2.75) is 19.8 Å². The number of nitrogens with two attached hydrogens (primary N) is 1. The van der Waals surface area contributed by atoms with Crippen molar-refractivity contribution in [3.05, 3.63) is 34.3 Å². The Balaban J connectivity index is 2.67. The standard InChI is InChI=1S/C11H16BrN/c1-2-9(8-13)7-10-5-3-4-6-11(10)12/h3-6,9H,2,7-8,13H2,1H3. The average Bonchev–Trinajstić information content (AvgIpc) is 2.17. The summed E-state index contributed by atoms with van der Waals surface area (Å²) in [5, 5.41) is 0. The summed E-state index contributed by atoms with van der Waals surface area (Å²) in [6.45, 7) is 2.96. The third kappa shape index (κ3) is 3.12. The Labute approximate surface area is 88.5 Å². The lowest BCUT2D eigenvalue weighted by Crippen LogP contribution is -2.15. The summed E-state index contributed by atoms with van der Waals surface area (Å²) >= 11 is 3.54. The second-order valence-electron chi connectivity index (χ2n) is 3.31. The molecular weight excluding hydrogens is 226 g/mol. The third-order valence-corrected chi connectivity index (χ3v) is 3.15. The van der Waals surface area contributed by atoms with Crippen LogP contribution >= 0.6 is 15.9 Å². The minimum atomic E-state index is 0.610. The predicted molar refractivity (Wildman–Crippen MR) is 60.7 cm³/mol. The first-order valence-corrected chi connectivity index (χ1v) is 5.50. The van der Waals surface area contributed by atoms with Crippen molar-refractivity contribution in [3.8, 4) is 0 Å². The summed E-state index contributed by atoms with van der Waals surface area (Å²) in [6.07, 6.45) is 2.23. The van der Waals surface area contributed by atoms with Gasteiger partial charge in [0.2, 0.25) is 0 Å². The van der Waals surface area contributed by atoms with Crippen LogP contribution in [0.2, 0.25) is 0 Å². The number of halogens is 1. The Morgan fingerprint density at radius 3 is 2.62 bits per heavy atom. The van der Waals surface area contributed by atoms with Crippen LogP contribution in [0.1, 0.15) is 18.9 Å². The quantitative estimate of drug-likeness (QED) is 0.862. The van der Waals surface area contributed by atoms with Gasteiger partial charge in [-0.2, -0.15) is 0 Å². The van der Waals surface area contributed by atoms with Crippen LogP contribution in [0.3, 0.4) is 0 Å². The smallest absolute Gasteiger partial charge is 0.0207 e. The molecule has 1 aromatic rings. The van der Waals surface area contributed by atoms with Crippen molar-refractivity contribution in [1.29, 1.82) is 0 Å². The Hall–Kier alpha value is -0.340. The number of hydrogen-bond donors (Lipinski definition) is 1. The monoisotopic (exact) mass is 241 g/mol. The second kappa shape index (κ2) is 5.40. The van der Waals surface area contributed by atoms with Gasteiger partial charge in [-0.05, 0) is 30.5 Å². The molecule has 0 amide bonds. The van der Waals surface area contributed by atoms with Crippen LogP contribution in [0.5, 0.6) is 0 Å². The van der Waals surface area contributed by atoms with Crippen LogP contribution in [-0.2, 0) is 6.42 Å². The highest BCUT2D eigenvalue weighted by molar-refractivity contribution is 9.10. The Bertz CT molecular complexity index is 256. The lowest BCUT2D eigenvalue weighted by molar-refractivity contribution is 0.518. The summed E-state index contributed by atoms with van der Waals surface area (Å²) in [4.78, 5) is 0. The van der Waals surface area contributed by atoms with Gasteiger partial charge in [0.25, 0.3) is 0 Å². The molecule has 1 unspecified atom stereocenters. The van der Waals surface area contributed by atoms with E-state index in [1.165, 1.54) is 10.0 Å². The second-order valence-corrected chi connectivity index (χ2v) is 4.16. The van der Waals surface area contributed by atoms with E-state index in [1.54, 1.807) is 0 Å². The Morgan fingerprint density at radius 2 is 2.08 bits per heavy atom. The molecule has 1 aromatic carbocycles. The molecule has 0 radical (unpaired) electrons. The molecule has 0 aromatic heterocycles. The van der Waals surface area contributed by atoms with Gasteiger partial charge in [0.05, 0.1) is 0 Å². The van der Waals surface area contributed by atoms with E-state index in [-0.39, 0.29) is 0 Å². The molecule has 13 heavy (non-hydrogen) atoms. The van der Waals surface area contributed by atoms with Crippen LogP contribution in [0, 0.1) is 5.92 Å². The van der Waals surface area contributed by atoms with Gasteiger partial charge in [0.15, 0.2) is 0 Å². The molecular formula is C11H16BrN. The van der Waals surface area contributed by atoms with Crippen molar-refractivity contribution in [1.82, 2.24) is 0 Å². The van der Waals surface area contributed by atoms with Crippen LogP contribution < -0.4 is 5.73 Å². The highest BCUT2D eigenvalue weighted by atomic mass is 79.9. The van der Waals surface area contributed by atoms with Gasteiger partial charge in [-0.3, -0.25) is 0 Å². The maximum Gasteiger partial charge on any atom is 0.0207 e. The first-order chi connectivity index (χ1) is 6.27. The van der Waals surface area contributed by atoms with E-state index in [0.717, 1.165) is 19.4 Å². The topological polar surface area (TPSA) is 26.0 Å². The minimum Gasteiger partial charge on any atom is -0.330 e. The van der Waals surface area contributed by atoms with Crippen LogP contribution in [0.25, 0.3) is 0 Å². The zero-order chi connectivity index (χ0) is 9.68. The van der Waals surface area contributed by atoms with Crippen molar-refractivity contribution in [2.24, 2.45) is 11.7 Å².